The number of aromatic nitrogens is 2. The minimum Gasteiger partial charge on any atom is -0.338 e. The monoisotopic (exact) mass is 359 g/mol. The molecular weight excluding hydrogens is 339 g/mol. The summed E-state index contributed by atoms with van der Waals surface area (Å²) in [6.07, 6.45) is -2.73. The van der Waals surface area contributed by atoms with Crippen LogP contribution >= 0.6 is 11.3 Å². The summed E-state index contributed by atoms with van der Waals surface area (Å²) in [7, 11) is 1.26. The molecule has 0 aliphatic rings. The second kappa shape index (κ2) is 7.38. The van der Waals surface area contributed by atoms with E-state index in [4.69, 9.17) is 0 Å². The lowest BCUT2D eigenvalue weighted by Crippen LogP contribution is -2.31. The van der Waals surface area contributed by atoms with Gasteiger partial charge in [-0.1, -0.05) is 13.8 Å². The van der Waals surface area contributed by atoms with Crippen molar-refractivity contribution < 1.29 is 18.0 Å². The van der Waals surface area contributed by atoms with Gasteiger partial charge in [0.2, 0.25) is 0 Å². The molecule has 2 heterocycles. The SMILES string of the molecule is CCCN(CCC)C(=O)c1ccc(-c2cc(C(F)(F)F)n(C)n2)s1. The predicted octanol–water partition coefficient (Wildman–Crippen LogP) is 4.43. The average Bonchev–Trinajstić information content (AvgIpc) is 3.12. The molecule has 24 heavy (non-hydrogen) atoms. The number of thiophene rings is 1. The maximum atomic E-state index is 12.9. The van der Waals surface area contributed by atoms with Crippen molar-refractivity contribution in [3.8, 4) is 10.6 Å². The van der Waals surface area contributed by atoms with Gasteiger partial charge in [-0.15, -0.1) is 11.3 Å². The number of amides is 1. The Labute approximate surface area is 142 Å². The average molecular weight is 359 g/mol. The van der Waals surface area contributed by atoms with E-state index in [0.29, 0.717) is 22.8 Å². The van der Waals surface area contributed by atoms with Gasteiger partial charge in [0, 0.05) is 20.1 Å². The molecule has 0 atom stereocenters. The molecule has 0 saturated carbocycles. The van der Waals surface area contributed by atoms with Crippen LogP contribution in [0, 0.1) is 0 Å². The third-order valence-corrected chi connectivity index (χ3v) is 4.61. The highest BCUT2D eigenvalue weighted by atomic mass is 32.1. The van der Waals surface area contributed by atoms with Crippen LogP contribution in [0.3, 0.4) is 0 Å². The fourth-order valence-corrected chi connectivity index (χ4v) is 3.38. The maximum absolute atomic E-state index is 12.9. The van der Waals surface area contributed by atoms with Crippen LogP contribution in [0.5, 0.6) is 0 Å². The number of hydrogen-bond donors (Lipinski definition) is 0. The van der Waals surface area contributed by atoms with Crippen molar-refractivity contribution in [2.45, 2.75) is 32.9 Å². The summed E-state index contributed by atoms with van der Waals surface area (Å²) in [5, 5.41) is 3.92. The summed E-state index contributed by atoms with van der Waals surface area (Å²) in [5.41, 5.74) is -0.580. The van der Waals surface area contributed by atoms with Gasteiger partial charge < -0.3 is 4.90 Å². The summed E-state index contributed by atoms with van der Waals surface area (Å²) in [4.78, 5) is 15.4. The molecule has 1 amide bonds. The van der Waals surface area contributed by atoms with Crippen molar-refractivity contribution in [3.05, 3.63) is 28.8 Å². The number of aryl methyl sites for hydroxylation is 1. The van der Waals surface area contributed by atoms with Gasteiger partial charge in [-0.25, -0.2) is 0 Å². The summed E-state index contributed by atoms with van der Waals surface area (Å²) < 4.78 is 39.4. The quantitative estimate of drug-likeness (QED) is 0.765. The van der Waals surface area contributed by atoms with Gasteiger partial charge >= 0.3 is 6.18 Å². The maximum Gasteiger partial charge on any atom is 0.433 e. The number of nitrogens with zero attached hydrogens (tertiary/aromatic N) is 3. The first kappa shape index (κ1) is 18.5. The van der Waals surface area contributed by atoms with E-state index >= 15 is 0 Å². The molecule has 0 aliphatic heterocycles. The zero-order chi connectivity index (χ0) is 17.9. The third kappa shape index (κ3) is 3.98. The molecule has 2 aromatic rings. The second-order valence-corrected chi connectivity index (χ2v) is 6.58. The van der Waals surface area contributed by atoms with Crippen LogP contribution in [0.2, 0.25) is 0 Å². The van der Waals surface area contributed by atoms with E-state index in [1.54, 1.807) is 17.0 Å². The molecule has 0 aromatic carbocycles. The van der Waals surface area contributed by atoms with Gasteiger partial charge in [-0.3, -0.25) is 9.48 Å². The van der Waals surface area contributed by atoms with Gasteiger partial charge in [-0.05, 0) is 31.0 Å². The van der Waals surface area contributed by atoms with E-state index in [2.05, 4.69) is 5.10 Å². The Morgan fingerprint density at radius 3 is 2.38 bits per heavy atom. The first-order valence-corrected chi connectivity index (χ1v) is 8.60. The Balaban J connectivity index is 2.26. The van der Waals surface area contributed by atoms with Crippen LogP contribution in [-0.2, 0) is 13.2 Å². The van der Waals surface area contributed by atoms with Crippen molar-refractivity contribution >= 4 is 17.2 Å². The molecule has 0 N–H and O–H groups in total. The van der Waals surface area contributed by atoms with Crippen LogP contribution in [0.15, 0.2) is 18.2 Å². The van der Waals surface area contributed by atoms with Gasteiger partial charge in [0.1, 0.15) is 11.4 Å². The molecule has 8 heteroatoms. The highest BCUT2D eigenvalue weighted by molar-refractivity contribution is 7.17. The number of carbonyl (C=O) groups excluding carboxylic acids is 1. The van der Waals surface area contributed by atoms with E-state index < -0.39 is 11.9 Å². The first-order chi connectivity index (χ1) is 11.3. The van der Waals surface area contributed by atoms with Crippen LogP contribution in [0.25, 0.3) is 10.6 Å². The molecule has 0 radical (unpaired) electrons. The highest BCUT2D eigenvalue weighted by Gasteiger charge is 2.35. The van der Waals surface area contributed by atoms with Gasteiger partial charge in [0.05, 0.1) is 9.75 Å². The number of rotatable bonds is 6. The number of halogens is 3. The van der Waals surface area contributed by atoms with Crippen LogP contribution in [0.1, 0.15) is 42.1 Å². The Hall–Kier alpha value is -1.83. The molecule has 132 valence electrons. The molecule has 2 rings (SSSR count). The lowest BCUT2D eigenvalue weighted by Gasteiger charge is -2.20. The molecule has 2 aromatic heterocycles. The van der Waals surface area contributed by atoms with Crippen LogP contribution in [0.4, 0.5) is 13.2 Å². The molecular formula is C16H20F3N3OS. The van der Waals surface area contributed by atoms with E-state index in [9.17, 15) is 18.0 Å². The minimum absolute atomic E-state index is 0.0816. The van der Waals surface area contributed by atoms with Crippen molar-refractivity contribution in [2.75, 3.05) is 13.1 Å². The van der Waals surface area contributed by atoms with Gasteiger partial charge in [0.15, 0.2) is 0 Å². The van der Waals surface area contributed by atoms with Crippen LogP contribution in [-0.4, -0.2) is 33.7 Å². The number of carbonyl (C=O) groups is 1. The molecule has 4 nitrogen and oxygen atoms in total. The molecule has 0 unspecified atom stereocenters. The van der Waals surface area contributed by atoms with Crippen molar-refractivity contribution in [1.29, 1.82) is 0 Å². The molecule has 0 spiro atoms. The molecule has 0 fully saturated rings. The predicted molar refractivity (Wildman–Crippen MR) is 88.0 cm³/mol. The fraction of sp³-hybridized carbons (Fsp3) is 0.500. The Morgan fingerprint density at radius 1 is 1.25 bits per heavy atom. The summed E-state index contributed by atoms with van der Waals surface area (Å²) in [6.45, 7) is 5.34. The van der Waals surface area contributed by atoms with E-state index in [1.807, 2.05) is 13.8 Å². The van der Waals surface area contributed by atoms with Crippen LogP contribution < -0.4 is 0 Å². The topological polar surface area (TPSA) is 38.1 Å². The Morgan fingerprint density at radius 2 is 1.88 bits per heavy atom. The molecule has 0 aliphatic carbocycles. The summed E-state index contributed by atoms with van der Waals surface area (Å²) in [5.74, 6) is -0.0816. The Bertz CT molecular complexity index is 700. The summed E-state index contributed by atoms with van der Waals surface area (Å²) >= 11 is 1.17. The standard InChI is InChI=1S/C16H20F3N3OS/c1-4-8-22(9-5-2)15(23)13-7-6-12(24-13)11-10-14(16(17,18)19)21(3)20-11/h6-7,10H,4-5,8-9H2,1-3H3. The first-order valence-electron chi connectivity index (χ1n) is 7.78. The lowest BCUT2D eigenvalue weighted by atomic mass is 10.3. The van der Waals surface area contributed by atoms with Crippen molar-refractivity contribution in [1.82, 2.24) is 14.7 Å². The molecule has 0 saturated heterocycles. The zero-order valence-electron chi connectivity index (χ0n) is 13.9. The smallest absolute Gasteiger partial charge is 0.338 e. The Kier molecular flexibility index (Phi) is 5.69. The number of hydrogen-bond acceptors (Lipinski definition) is 3. The number of alkyl halides is 3. The van der Waals surface area contributed by atoms with Crippen molar-refractivity contribution in [2.24, 2.45) is 7.05 Å². The van der Waals surface area contributed by atoms with Gasteiger partial charge in [0.25, 0.3) is 5.91 Å². The normalized spacial score (nSPS) is 11.8. The van der Waals surface area contributed by atoms with E-state index in [-0.39, 0.29) is 11.6 Å². The second-order valence-electron chi connectivity index (χ2n) is 5.49. The minimum atomic E-state index is -4.45. The molecule has 0 bridgehead atoms. The zero-order valence-corrected chi connectivity index (χ0v) is 14.7. The highest BCUT2D eigenvalue weighted by Crippen LogP contribution is 2.34. The van der Waals surface area contributed by atoms with Crippen molar-refractivity contribution in [3.63, 3.8) is 0 Å². The van der Waals surface area contributed by atoms with E-state index in [1.165, 1.54) is 18.4 Å². The van der Waals surface area contributed by atoms with Gasteiger partial charge in [-0.2, -0.15) is 18.3 Å². The fourth-order valence-electron chi connectivity index (χ4n) is 2.45. The summed E-state index contributed by atoms with van der Waals surface area (Å²) in [6, 6.07) is 4.31. The lowest BCUT2D eigenvalue weighted by molar-refractivity contribution is -0.143. The third-order valence-electron chi connectivity index (χ3n) is 3.51. The largest absolute Gasteiger partial charge is 0.433 e. The van der Waals surface area contributed by atoms with E-state index in [0.717, 1.165) is 23.6 Å².